The number of aryl methyl sites for hydroxylation is 1. The summed E-state index contributed by atoms with van der Waals surface area (Å²) >= 11 is 0. The highest BCUT2D eigenvalue weighted by Gasteiger charge is 2.28. The molecule has 1 aliphatic carbocycles. The second kappa shape index (κ2) is 6.95. The first-order chi connectivity index (χ1) is 11.5. The van der Waals surface area contributed by atoms with Crippen molar-refractivity contribution in [2.75, 3.05) is 6.54 Å². The molecule has 1 saturated carbocycles. The molecule has 1 aromatic rings. The van der Waals surface area contributed by atoms with E-state index >= 15 is 0 Å². The molecule has 6 nitrogen and oxygen atoms in total. The number of carbonyl (C=O) groups is 2. The fourth-order valence-corrected chi connectivity index (χ4v) is 4.12. The minimum absolute atomic E-state index is 0.0248. The van der Waals surface area contributed by atoms with Crippen LogP contribution in [0.15, 0.2) is 0 Å². The summed E-state index contributed by atoms with van der Waals surface area (Å²) in [6.07, 6.45) is 6.31. The molecule has 1 amide bonds. The van der Waals surface area contributed by atoms with Crippen molar-refractivity contribution < 1.29 is 14.7 Å². The van der Waals surface area contributed by atoms with Crippen LogP contribution in [-0.2, 0) is 11.2 Å². The fraction of sp³-hybridized carbons (Fsp3) is 0.722. The highest BCUT2D eigenvalue weighted by atomic mass is 16.4. The van der Waals surface area contributed by atoms with Crippen LogP contribution in [0, 0.1) is 18.8 Å². The van der Waals surface area contributed by atoms with Gasteiger partial charge in [-0.15, -0.1) is 0 Å². The van der Waals surface area contributed by atoms with Crippen LogP contribution in [0.25, 0.3) is 0 Å². The average molecular weight is 333 g/mol. The Kier molecular flexibility index (Phi) is 4.92. The summed E-state index contributed by atoms with van der Waals surface area (Å²) < 4.78 is 2.02. The third-order valence-corrected chi connectivity index (χ3v) is 5.61. The van der Waals surface area contributed by atoms with Crippen LogP contribution in [0.2, 0.25) is 0 Å². The molecule has 1 fully saturated rings. The molecule has 0 aromatic carbocycles. The van der Waals surface area contributed by atoms with E-state index in [-0.39, 0.29) is 11.8 Å². The molecular weight excluding hydrogens is 306 g/mol. The Bertz CT molecular complexity index is 630. The Morgan fingerprint density at radius 1 is 1.25 bits per heavy atom. The van der Waals surface area contributed by atoms with E-state index < -0.39 is 5.97 Å². The van der Waals surface area contributed by atoms with Crippen molar-refractivity contribution in [1.82, 2.24) is 15.1 Å². The fourth-order valence-electron chi connectivity index (χ4n) is 4.12. The van der Waals surface area contributed by atoms with Crippen LogP contribution in [0.4, 0.5) is 0 Å². The smallest absolute Gasteiger partial charge is 0.306 e. The SMILES string of the molecule is Cc1nn2c(c1C(=O)NCC1CCC(C(=O)O)CC1)CCCC2C. The van der Waals surface area contributed by atoms with Gasteiger partial charge in [0.15, 0.2) is 0 Å². The molecule has 0 radical (unpaired) electrons. The van der Waals surface area contributed by atoms with Gasteiger partial charge in [0, 0.05) is 12.6 Å². The van der Waals surface area contributed by atoms with E-state index in [2.05, 4.69) is 17.3 Å². The number of aliphatic carboxylic acids is 1. The number of amides is 1. The Hall–Kier alpha value is -1.85. The second-order valence-corrected chi connectivity index (χ2v) is 7.36. The second-order valence-electron chi connectivity index (χ2n) is 7.36. The maximum atomic E-state index is 12.7. The summed E-state index contributed by atoms with van der Waals surface area (Å²) in [7, 11) is 0. The molecule has 24 heavy (non-hydrogen) atoms. The number of nitrogens with one attached hydrogen (secondary N) is 1. The molecule has 0 spiro atoms. The van der Waals surface area contributed by atoms with Crippen LogP contribution in [0.5, 0.6) is 0 Å². The number of carboxylic acids is 1. The van der Waals surface area contributed by atoms with E-state index in [1.165, 1.54) is 0 Å². The van der Waals surface area contributed by atoms with Gasteiger partial charge >= 0.3 is 5.97 Å². The summed E-state index contributed by atoms with van der Waals surface area (Å²) in [6, 6.07) is 0.361. The Morgan fingerprint density at radius 3 is 2.62 bits per heavy atom. The van der Waals surface area contributed by atoms with Gasteiger partial charge in [0.2, 0.25) is 0 Å². The molecule has 2 N–H and O–H groups in total. The quantitative estimate of drug-likeness (QED) is 0.887. The first-order valence-corrected chi connectivity index (χ1v) is 9.06. The van der Waals surface area contributed by atoms with E-state index in [0.717, 1.165) is 61.9 Å². The highest BCUT2D eigenvalue weighted by molar-refractivity contribution is 5.96. The van der Waals surface area contributed by atoms with Crippen LogP contribution >= 0.6 is 0 Å². The minimum atomic E-state index is -0.686. The first kappa shape index (κ1) is 17.0. The van der Waals surface area contributed by atoms with Gasteiger partial charge in [0.05, 0.1) is 22.9 Å². The lowest BCUT2D eigenvalue weighted by Gasteiger charge is -2.26. The van der Waals surface area contributed by atoms with Crippen LogP contribution in [0.1, 0.15) is 73.2 Å². The van der Waals surface area contributed by atoms with E-state index in [0.29, 0.717) is 18.5 Å². The third kappa shape index (κ3) is 3.32. The average Bonchev–Trinajstić information content (AvgIpc) is 2.90. The maximum absolute atomic E-state index is 12.7. The van der Waals surface area contributed by atoms with Crippen molar-refractivity contribution in [1.29, 1.82) is 0 Å². The topological polar surface area (TPSA) is 84.2 Å². The van der Waals surface area contributed by atoms with Gasteiger partial charge < -0.3 is 10.4 Å². The number of carboxylic acid groups (broad SMARTS) is 1. The number of rotatable bonds is 4. The van der Waals surface area contributed by atoms with Gasteiger partial charge in [-0.2, -0.15) is 5.10 Å². The molecule has 1 atom stereocenters. The molecule has 1 aliphatic heterocycles. The number of aromatic nitrogens is 2. The summed E-state index contributed by atoms with van der Waals surface area (Å²) in [6.45, 7) is 4.69. The first-order valence-electron chi connectivity index (χ1n) is 9.06. The predicted octanol–water partition coefficient (Wildman–Crippen LogP) is 2.71. The van der Waals surface area contributed by atoms with Crippen molar-refractivity contribution in [3.63, 3.8) is 0 Å². The number of hydrogen-bond acceptors (Lipinski definition) is 3. The monoisotopic (exact) mass is 333 g/mol. The minimum Gasteiger partial charge on any atom is -0.481 e. The highest BCUT2D eigenvalue weighted by Crippen LogP contribution is 2.30. The van der Waals surface area contributed by atoms with Gasteiger partial charge in [0.1, 0.15) is 0 Å². The zero-order chi connectivity index (χ0) is 17.3. The molecule has 1 unspecified atom stereocenters. The van der Waals surface area contributed by atoms with Crippen molar-refractivity contribution in [3.8, 4) is 0 Å². The summed E-state index contributed by atoms with van der Waals surface area (Å²) in [4.78, 5) is 23.7. The van der Waals surface area contributed by atoms with Crippen molar-refractivity contribution in [2.24, 2.45) is 11.8 Å². The van der Waals surface area contributed by atoms with Crippen molar-refractivity contribution in [2.45, 2.75) is 64.8 Å². The van der Waals surface area contributed by atoms with Gasteiger partial charge in [-0.25, -0.2) is 0 Å². The maximum Gasteiger partial charge on any atom is 0.306 e. The Labute approximate surface area is 142 Å². The lowest BCUT2D eigenvalue weighted by molar-refractivity contribution is -0.143. The zero-order valence-corrected chi connectivity index (χ0v) is 14.5. The third-order valence-electron chi connectivity index (χ3n) is 5.61. The van der Waals surface area contributed by atoms with E-state index in [1.54, 1.807) is 0 Å². The Morgan fingerprint density at radius 2 is 1.96 bits per heavy atom. The van der Waals surface area contributed by atoms with Gasteiger partial charge in [-0.3, -0.25) is 14.3 Å². The molecule has 0 bridgehead atoms. The number of nitrogens with zero attached hydrogens (tertiary/aromatic N) is 2. The van der Waals surface area contributed by atoms with Crippen molar-refractivity contribution >= 4 is 11.9 Å². The summed E-state index contributed by atoms with van der Waals surface area (Å²) in [5.41, 5.74) is 2.63. The molecule has 6 heteroatoms. The standard InChI is InChI=1S/C18H27N3O3/c1-11-4-3-5-15-16(12(2)20-21(11)15)17(22)19-10-13-6-8-14(9-7-13)18(23)24/h11,13-14H,3-10H2,1-2H3,(H,19,22)(H,23,24). The van der Waals surface area contributed by atoms with E-state index in [4.69, 9.17) is 5.11 Å². The van der Waals surface area contributed by atoms with Crippen molar-refractivity contribution in [3.05, 3.63) is 17.0 Å². The normalized spacial score (nSPS) is 26.7. The molecule has 2 heterocycles. The Balaban J connectivity index is 1.60. The molecule has 132 valence electrons. The lowest BCUT2D eigenvalue weighted by atomic mass is 9.82. The van der Waals surface area contributed by atoms with Gasteiger partial charge in [-0.1, -0.05) is 0 Å². The molecule has 3 rings (SSSR count). The summed E-state index contributed by atoms with van der Waals surface area (Å²) in [5, 5.41) is 16.7. The zero-order valence-electron chi connectivity index (χ0n) is 14.5. The largest absolute Gasteiger partial charge is 0.481 e. The summed E-state index contributed by atoms with van der Waals surface area (Å²) in [5.74, 6) is -0.532. The van der Waals surface area contributed by atoms with Gasteiger partial charge in [0.25, 0.3) is 5.91 Å². The van der Waals surface area contributed by atoms with Gasteiger partial charge in [-0.05, 0) is 64.7 Å². The molecule has 0 saturated heterocycles. The van der Waals surface area contributed by atoms with Crippen LogP contribution in [0.3, 0.4) is 0 Å². The predicted molar refractivity (Wildman–Crippen MR) is 90.0 cm³/mol. The number of hydrogen-bond donors (Lipinski definition) is 2. The van der Waals surface area contributed by atoms with E-state index in [9.17, 15) is 9.59 Å². The van der Waals surface area contributed by atoms with Crippen LogP contribution in [-0.4, -0.2) is 33.3 Å². The lowest BCUT2D eigenvalue weighted by Crippen LogP contribution is -2.33. The number of carbonyl (C=O) groups excluding carboxylic acids is 1. The number of fused-ring (bicyclic) bond motifs is 1. The molecule has 1 aromatic heterocycles. The van der Waals surface area contributed by atoms with Crippen LogP contribution < -0.4 is 5.32 Å². The van der Waals surface area contributed by atoms with E-state index in [1.807, 2.05) is 11.6 Å². The molecular formula is C18H27N3O3. The molecule has 2 aliphatic rings.